The number of hydrogen-bond acceptors (Lipinski definition) is 3. The average molecular weight is 184 g/mol. The summed E-state index contributed by atoms with van der Waals surface area (Å²) < 4.78 is 5.71. The van der Waals surface area contributed by atoms with E-state index < -0.39 is 0 Å². The van der Waals surface area contributed by atoms with Crippen molar-refractivity contribution in [1.82, 2.24) is 10.2 Å². The van der Waals surface area contributed by atoms with Crippen LogP contribution < -0.4 is 5.32 Å². The fourth-order valence-electron chi connectivity index (χ4n) is 2.23. The predicted molar refractivity (Wildman–Crippen MR) is 52.6 cm³/mol. The van der Waals surface area contributed by atoms with E-state index in [0.29, 0.717) is 12.3 Å². The molecule has 0 aromatic rings. The predicted octanol–water partition coefficient (Wildman–Crippen LogP) is 0.663. The summed E-state index contributed by atoms with van der Waals surface area (Å²) >= 11 is 0. The maximum atomic E-state index is 5.71. The molecule has 2 atom stereocenters. The molecule has 0 radical (unpaired) electrons. The molecule has 2 aliphatic rings. The van der Waals surface area contributed by atoms with E-state index in [2.05, 4.69) is 24.2 Å². The highest BCUT2D eigenvalue weighted by molar-refractivity contribution is 4.81. The van der Waals surface area contributed by atoms with Crippen LogP contribution in [-0.4, -0.2) is 43.9 Å². The zero-order valence-electron chi connectivity index (χ0n) is 8.62. The molecule has 2 saturated heterocycles. The van der Waals surface area contributed by atoms with Crippen molar-refractivity contribution in [3.8, 4) is 0 Å². The Morgan fingerprint density at radius 1 is 1.31 bits per heavy atom. The van der Waals surface area contributed by atoms with Crippen molar-refractivity contribution in [3.63, 3.8) is 0 Å². The van der Waals surface area contributed by atoms with Gasteiger partial charge in [0.2, 0.25) is 0 Å². The Morgan fingerprint density at radius 3 is 2.54 bits per heavy atom. The highest BCUT2D eigenvalue weighted by Gasteiger charge is 2.30. The van der Waals surface area contributed by atoms with Gasteiger partial charge in [-0.25, -0.2) is 0 Å². The first-order valence-electron chi connectivity index (χ1n) is 5.32. The quantitative estimate of drug-likeness (QED) is 0.648. The summed E-state index contributed by atoms with van der Waals surface area (Å²) in [6.45, 7) is 5.52. The SMILES string of the molecule is CC1COC(C2CCN(C)CC2)N1. The Hall–Kier alpha value is -0.120. The van der Waals surface area contributed by atoms with Crippen LogP contribution in [0.15, 0.2) is 0 Å². The first-order valence-corrected chi connectivity index (χ1v) is 5.32. The lowest BCUT2D eigenvalue weighted by atomic mass is 9.95. The first kappa shape index (κ1) is 9.44. The molecule has 0 bridgehead atoms. The van der Waals surface area contributed by atoms with Crippen molar-refractivity contribution >= 4 is 0 Å². The Balaban J connectivity index is 1.81. The van der Waals surface area contributed by atoms with Gasteiger partial charge in [-0.15, -0.1) is 0 Å². The van der Waals surface area contributed by atoms with Gasteiger partial charge in [-0.1, -0.05) is 0 Å². The number of rotatable bonds is 1. The van der Waals surface area contributed by atoms with Crippen LogP contribution in [0, 0.1) is 5.92 Å². The van der Waals surface area contributed by atoms with Crippen molar-refractivity contribution in [2.45, 2.75) is 32.0 Å². The number of nitrogens with zero attached hydrogens (tertiary/aromatic N) is 1. The smallest absolute Gasteiger partial charge is 0.111 e. The summed E-state index contributed by atoms with van der Waals surface area (Å²) in [5, 5.41) is 3.50. The molecule has 0 spiro atoms. The summed E-state index contributed by atoms with van der Waals surface area (Å²) in [6.07, 6.45) is 2.89. The van der Waals surface area contributed by atoms with E-state index in [0.717, 1.165) is 12.5 Å². The number of piperidine rings is 1. The van der Waals surface area contributed by atoms with Gasteiger partial charge >= 0.3 is 0 Å². The van der Waals surface area contributed by atoms with Crippen molar-refractivity contribution in [3.05, 3.63) is 0 Å². The van der Waals surface area contributed by atoms with Gasteiger partial charge in [0.1, 0.15) is 6.23 Å². The molecule has 0 aromatic heterocycles. The molecular formula is C10H20N2O. The van der Waals surface area contributed by atoms with Crippen LogP contribution in [0.5, 0.6) is 0 Å². The lowest BCUT2D eigenvalue weighted by Crippen LogP contribution is -2.41. The van der Waals surface area contributed by atoms with Crippen LogP contribution in [0.25, 0.3) is 0 Å². The zero-order chi connectivity index (χ0) is 9.26. The van der Waals surface area contributed by atoms with Crippen molar-refractivity contribution in [2.24, 2.45) is 5.92 Å². The van der Waals surface area contributed by atoms with Gasteiger partial charge in [-0.3, -0.25) is 5.32 Å². The second-order valence-electron chi connectivity index (χ2n) is 4.46. The molecule has 2 unspecified atom stereocenters. The highest BCUT2D eigenvalue weighted by atomic mass is 16.5. The molecule has 0 saturated carbocycles. The summed E-state index contributed by atoms with van der Waals surface area (Å²) in [4.78, 5) is 2.40. The van der Waals surface area contributed by atoms with Gasteiger partial charge in [0.05, 0.1) is 6.61 Å². The summed E-state index contributed by atoms with van der Waals surface area (Å²) in [5.74, 6) is 0.737. The number of ether oxygens (including phenoxy) is 1. The second kappa shape index (κ2) is 3.95. The van der Waals surface area contributed by atoms with Crippen LogP contribution in [0.1, 0.15) is 19.8 Å². The second-order valence-corrected chi connectivity index (χ2v) is 4.46. The average Bonchev–Trinajstić information content (AvgIpc) is 2.53. The maximum absolute atomic E-state index is 5.71. The largest absolute Gasteiger partial charge is 0.361 e. The Labute approximate surface area is 80.4 Å². The Morgan fingerprint density at radius 2 is 2.00 bits per heavy atom. The number of hydrogen-bond donors (Lipinski definition) is 1. The van der Waals surface area contributed by atoms with Gasteiger partial charge in [0, 0.05) is 12.0 Å². The van der Waals surface area contributed by atoms with Crippen LogP contribution in [0.4, 0.5) is 0 Å². The van der Waals surface area contributed by atoms with Crippen LogP contribution >= 0.6 is 0 Å². The van der Waals surface area contributed by atoms with E-state index in [1.807, 2.05) is 0 Å². The third kappa shape index (κ3) is 2.22. The number of nitrogens with one attached hydrogen (secondary N) is 1. The fraction of sp³-hybridized carbons (Fsp3) is 1.00. The summed E-state index contributed by atoms with van der Waals surface area (Å²) in [6, 6.07) is 0.546. The molecule has 2 aliphatic heterocycles. The van der Waals surface area contributed by atoms with E-state index in [-0.39, 0.29) is 0 Å². The minimum Gasteiger partial charge on any atom is -0.361 e. The maximum Gasteiger partial charge on any atom is 0.111 e. The van der Waals surface area contributed by atoms with E-state index in [1.165, 1.54) is 25.9 Å². The van der Waals surface area contributed by atoms with E-state index >= 15 is 0 Å². The first-order chi connectivity index (χ1) is 6.25. The van der Waals surface area contributed by atoms with Crippen molar-refractivity contribution < 1.29 is 4.74 Å². The molecule has 0 aliphatic carbocycles. The van der Waals surface area contributed by atoms with E-state index in [9.17, 15) is 0 Å². The molecule has 76 valence electrons. The molecule has 13 heavy (non-hydrogen) atoms. The van der Waals surface area contributed by atoms with Crippen LogP contribution in [-0.2, 0) is 4.74 Å². The molecule has 0 aromatic carbocycles. The third-order valence-corrected chi connectivity index (χ3v) is 3.17. The van der Waals surface area contributed by atoms with Crippen molar-refractivity contribution in [1.29, 1.82) is 0 Å². The molecular weight excluding hydrogens is 164 g/mol. The fourth-order valence-corrected chi connectivity index (χ4v) is 2.23. The zero-order valence-corrected chi connectivity index (χ0v) is 8.62. The Kier molecular flexibility index (Phi) is 2.86. The molecule has 2 rings (SSSR count). The van der Waals surface area contributed by atoms with E-state index in [1.54, 1.807) is 0 Å². The molecule has 3 heteroatoms. The van der Waals surface area contributed by atoms with Crippen LogP contribution in [0.3, 0.4) is 0 Å². The van der Waals surface area contributed by atoms with Gasteiger partial charge in [0.15, 0.2) is 0 Å². The minimum atomic E-state index is 0.337. The van der Waals surface area contributed by atoms with Gasteiger partial charge < -0.3 is 9.64 Å². The standard InChI is InChI=1S/C10H20N2O/c1-8-7-13-10(11-8)9-3-5-12(2)6-4-9/h8-11H,3-7H2,1-2H3. The lowest BCUT2D eigenvalue weighted by molar-refractivity contribution is 0.0257. The lowest BCUT2D eigenvalue weighted by Gasteiger charge is -2.32. The summed E-state index contributed by atoms with van der Waals surface area (Å²) in [5.41, 5.74) is 0. The van der Waals surface area contributed by atoms with E-state index in [4.69, 9.17) is 4.74 Å². The minimum absolute atomic E-state index is 0.337. The molecule has 0 amide bonds. The molecule has 2 fully saturated rings. The normalized spacial score (nSPS) is 38.3. The van der Waals surface area contributed by atoms with Crippen LogP contribution in [0.2, 0.25) is 0 Å². The monoisotopic (exact) mass is 184 g/mol. The van der Waals surface area contributed by atoms with Gasteiger partial charge in [0.25, 0.3) is 0 Å². The third-order valence-electron chi connectivity index (χ3n) is 3.17. The van der Waals surface area contributed by atoms with Crippen molar-refractivity contribution in [2.75, 3.05) is 26.7 Å². The highest BCUT2D eigenvalue weighted by Crippen LogP contribution is 2.23. The van der Waals surface area contributed by atoms with Gasteiger partial charge in [-0.2, -0.15) is 0 Å². The molecule has 3 nitrogen and oxygen atoms in total. The summed E-state index contributed by atoms with van der Waals surface area (Å²) in [7, 11) is 2.20. The Bertz CT molecular complexity index is 166. The molecule has 2 heterocycles. The molecule has 1 N–H and O–H groups in total. The van der Waals surface area contributed by atoms with Gasteiger partial charge in [-0.05, 0) is 39.9 Å². The topological polar surface area (TPSA) is 24.5 Å². The number of likely N-dealkylation sites (tertiary alicyclic amines) is 1.